The molecule has 3 rings (SSSR count). The summed E-state index contributed by atoms with van der Waals surface area (Å²) in [5.74, 6) is -0.452. The van der Waals surface area contributed by atoms with Gasteiger partial charge in [0.2, 0.25) is 10.0 Å². The molecule has 1 heterocycles. The number of sulfonamides is 1. The minimum Gasteiger partial charge on any atom is -0.458 e. The zero-order valence-corrected chi connectivity index (χ0v) is 11.2. The summed E-state index contributed by atoms with van der Waals surface area (Å²) < 4.78 is 29.7. The van der Waals surface area contributed by atoms with Crippen molar-refractivity contribution in [3.05, 3.63) is 18.0 Å². The van der Waals surface area contributed by atoms with Gasteiger partial charge in [-0.15, -0.1) is 0 Å². The lowest BCUT2D eigenvalue weighted by Gasteiger charge is -2.25. The zero-order valence-electron chi connectivity index (χ0n) is 10.4. The van der Waals surface area contributed by atoms with Gasteiger partial charge in [0.1, 0.15) is 16.7 Å². The van der Waals surface area contributed by atoms with Gasteiger partial charge in [-0.3, -0.25) is 0 Å². The van der Waals surface area contributed by atoms with E-state index in [0.717, 1.165) is 32.1 Å². The lowest BCUT2D eigenvalue weighted by molar-refractivity contribution is 0.00785. The molecule has 1 aromatic heterocycles. The lowest BCUT2D eigenvalue weighted by Crippen LogP contribution is -2.26. The fourth-order valence-electron chi connectivity index (χ4n) is 2.13. The van der Waals surface area contributed by atoms with Crippen LogP contribution in [0, 0.1) is 0 Å². The first-order chi connectivity index (χ1) is 8.95. The van der Waals surface area contributed by atoms with E-state index in [0.29, 0.717) is 5.69 Å². The van der Waals surface area contributed by atoms with Crippen LogP contribution in [0.2, 0.25) is 0 Å². The Hall–Kier alpha value is -1.34. The van der Waals surface area contributed by atoms with Crippen LogP contribution in [0.1, 0.15) is 48.6 Å². The summed E-state index contributed by atoms with van der Waals surface area (Å²) in [6, 6.07) is 1.51. The summed E-state index contributed by atoms with van der Waals surface area (Å²) in [4.78, 5) is 12.0. The third kappa shape index (κ3) is 2.52. The molecule has 0 saturated heterocycles. The number of hydrogen-bond donors (Lipinski definition) is 1. The molecule has 6 nitrogen and oxygen atoms in total. The van der Waals surface area contributed by atoms with Gasteiger partial charge >= 0.3 is 5.97 Å². The normalized spacial score (nSPS) is 20.1. The summed E-state index contributed by atoms with van der Waals surface area (Å²) in [6.07, 6.45) is 6.16. The number of nitrogens with two attached hydrogens (primary N) is 1. The summed E-state index contributed by atoms with van der Waals surface area (Å²) in [5, 5.41) is 5.11. The molecule has 1 aromatic rings. The molecule has 0 atom stereocenters. The minimum atomic E-state index is -3.79. The van der Waals surface area contributed by atoms with Crippen molar-refractivity contribution in [3.8, 4) is 0 Å². The maximum Gasteiger partial charge on any atom is 0.355 e. The van der Waals surface area contributed by atoms with Crippen molar-refractivity contribution in [2.24, 2.45) is 5.14 Å². The molecule has 0 aliphatic heterocycles. The largest absolute Gasteiger partial charge is 0.458 e. The number of nitrogens with zero attached hydrogens (tertiary/aromatic N) is 1. The number of hydrogen-bond acceptors (Lipinski definition) is 4. The van der Waals surface area contributed by atoms with E-state index in [1.54, 1.807) is 4.57 Å². The number of rotatable bonds is 4. The van der Waals surface area contributed by atoms with Crippen LogP contribution >= 0.6 is 0 Å². The van der Waals surface area contributed by atoms with Gasteiger partial charge in [0.15, 0.2) is 0 Å². The fraction of sp³-hybridized carbons (Fsp3) is 0.583. The first-order valence-corrected chi connectivity index (χ1v) is 7.95. The van der Waals surface area contributed by atoms with E-state index >= 15 is 0 Å². The highest BCUT2D eigenvalue weighted by atomic mass is 32.2. The average Bonchev–Trinajstić information content (AvgIpc) is 3.00. The summed E-state index contributed by atoms with van der Waals surface area (Å²) in [7, 11) is -3.79. The third-order valence-electron chi connectivity index (χ3n) is 3.63. The quantitative estimate of drug-likeness (QED) is 0.840. The maximum atomic E-state index is 12.1. The van der Waals surface area contributed by atoms with Crippen molar-refractivity contribution in [2.45, 2.75) is 49.1 Å². The summed E-state index contributed by atoms with van der Waals surface area (Å²) >= 11 is 0. The molecule has 0 amide bonds. The molecule has 0 radical (unpaired) electrons. The molecule has 0 aromatic carbocycles. The molecule has 2 aliphatic carbocycles. The molecule has 2 fully saturated rings. The second-order valence-electron chi connectivity index (χ2n) is 5.20. The van der Waals surface area contributed by atoms with E-state index in [1.807, 2.05) is 0 Å². The first-order valence-electron chi connectivity index (χ1n) is 6.41. The average molecular weight is 284 g/mol. The Labute approximate surface area is 111 Å². The predicted molar refractivity (Wildman–Crippen MR) is 67.1 cm³/mol. The van der Waals surface area contributed by atoms with Crippen LogP contribution in [0.4, 0.5) is 0 Å². The van der Waals surface area contributed by atoms with Crippen LogP contribution in [0.3, 0.4) is 0 Å². The van der Waals surface area contributed by atoms with E-state index in [9.17, 15) is 13.2 Å². The van der Waals surface area contributed by atoms with Crippen molar-refractivity contribution in [3.63, 3.8) is 0 Å². The Morgan fingerprint density at radius 1 is 1.32 bits per heavy atom. The van der Waals surface area contributed by atoms with Gasteiger partial charge < -0.3 is 9.30 Å². The SMILES string of the molecule is NS(=O)(=O)c1cc(C(=O)OC2CCC2)n(C2CC2)c1. The minimum absolute atomic E-state index is 0.0204. The predicted octanol–water partition coefficient (Wildman–Crippen LogP) is 1.18. The number of ether oxygens (including phenoxy) is 1. The Kier molecular flexibility index (Phi) is 2.90. The van der Waals surface area contributed by atoms with Gasteiger partial charge in [-0.1, -0.05) is 0 Å². The highest BCUT2D eigenvalue weighted by Gasteiger charge is 2.32. The number of esters is 1. The van der Waals surface area contributed by atoms with Crippen LogP contribution in [-0.4, -0.2) is 25.1 Å². The van der Waals surface area contributed by atoms with Gasteiger partial charge in [-0.05, 0) is 38.2 Å². The van der Waals surface area contributed by atoms with Crippen molar-refractivity contribution < 1.29 is 17.9 Å². The molecule has 0 bridgehead atoms. The lowest BCUT2D eigenvalue weighted by atomic mass is 9.96. The third-order valence-corrected chi connectivity index (χ3v) is 4.51. The number of carbonyl (C=O) groups is 1. The second-order valence-corrected chi connectivity index (χ2v) is 6.76. The Morgan fingerprint density at radius 3 is 2.47 bits per heavy atom. The number of aromatic nitrogens is 1. The molecule has 2 saturated carbocycles. The molecule has 2 N–H and O–H groups in total. The zero-order chi connectivity index (χ0) is 13.6. The van der Waals surface area contributed by atoms with E-state index in [1.165, 1.54) is 12.3 Å². The van der Waals surface area contributed by atoms with Gasteiger partial charge in [0.05, 0.1) is 0 Å². The monoisotopic (exact) mass is 284 g/mol. The summed E-state index contributed by atoms with van der Waals surface area (Å²) in [6.45, 7) is 0. The summed E-state index contributed by atoms with van der Waals surface area (Å²) in [5.41, 5.74) is 0.290. The first kappa shape index (κ1) is 12.7. The van der Waals surface area contributed by atoms with Crippen LogP contribution in [0.15, 0.2) is 17.2 Å². The van der Waals surface area contributed by atoms with Gasteiger partial charge in [0, 0.05) is 12.2 Å². The maximum absolute atomic E-state index is 12.1. The van der Waals surface area contributed by atoms with Crippen LogP contribution < -0.4 is 5.14 Å². The van der Waals surface area contributed by atoms with E-state index < -0.39 is 16.0 Å². The molecule has 0 spiro atoms. The molecule has 2 aliphatic rings. The molecular formula is C12H16N2O4S. The smallest absolute Gasteiger partial charge is 0.355 e. The van der Waals surface area contributed by atoms with Gasteiger partial charge in [-0.25, -0.2) is 18.4 Å². The van der Waals surface area contributed by atoms with Crippen LogP contribution in [0.5, 0.6) is 0 Å². The highest BCUT2D eigenvalue weighted by molar-refractivity contribution is 7.89. The van der Waals surface area contributed by atoms with Crippen molar-refractivity contribution in [1.82, 2.24) is 4.57 Å². The van der Waals surface area contributed by atoms with E-state index in [2.05, 4.69) is 0 Å². The second kappa shape index (κ2) is 4.35. The fourth-order valence-corrected chi connectivity index (χ4v) is 2.66. The standard InChI is InChI=1S/C12H16N2O4S/c13-19(16,17)10-6-11(14(7-10)8-4-5-8)12(15)18-9-2-1-3-9/h6-9H,1-5H2,(H2,13,16,17). The molecular weight excluding hydrogens is 268 g/mol. The highest BCUT2D eigenvalue weighted by Crippen LogP contribution is 2.37. The topological polar surface area (TPSA) is 91.4 Å². The molecule has 104 valence electrons. The van der Waals surface area contributed by atoms with E-state index in [4.69, 9.17) is 9.88 Å². The van der Waals surface area contributed by atoms with Crippen molar-refractivity contribution >= 4 is 16.0 Å². The van der Waals surface area contributed by atoms with E-state index in [-0.39, 0.29) is 17.0 Å². The Balaban J connectivity index is 1.89. The number of carbonyl (C=O) groups excluding carboxylic acids is 1. The van der Waals surface area contributed by atoms with Gasteiger partial charge in [-0.2, -0.15) is 0 Å². The van der Waals surface area contributed by atoms with Crippen LogP contribution in [0.25, 0.3) is 0 Å². The Morgan fingerprint density at radius 2 is 2.00 bits per heavy atom. The van der Waals surface area contributed by atoms with Gasteiger partial charge in [0.25, 0.3) is 0 Å². The molecule has 19 heavy (non-hydrogen) atoms. The number of primary sulfonamides is 1. The van der Waals surface area contributed by atoms with Crippen molar-refractivity contribution in [2.75, 3.05) is 0 Å². The Bertz CT molecular complexity index is 612. The van der Waals surface area contributed by atoms with Crippen molar-refractivity contribution in [1.29, 1.82) is 0 Å². The molecule has 0 unspecified atom stereocenters. The van der Waals surface area contributed by atoms with Crippen LogP contribution in [-0.2, 0) is 14.8 Å². The molecule has 7 heteroatoms.